The van der Waals surface area contributed by atoms with Crippen LogP contribution in [0.3, 0.4) is 0 Å². The molecule has 0 aromatic carbocycles. The van der Waals surface area contributed by atoms with Crippen LogP contribution in [0.1, 0.15) is 44.9 Å². The number of hydrogen-bond donors (Lipinski definition) is 1. The molecule has 19 heavy (non-hydrogen) atoms. The quantitative estimate of drug-likeness (QED) is 0.823. The van der Waals surface area contributed by atoms with Crippen LogP contribution in [-0.4, -0.2) is 61.7 Å². The Hall–Kier alpha value is -0.120. The van der Waals surface area contributed by atoms with Crippen molar-refractivity contribution in [3.8, 4) is 0 Å². The molecule has 1 N–H and O–H groups in total. The lowest BCUT2D eigenvalue weighted by molar-refractivity contribution is 0.0729. The van der Waals surface area contributed by atoms with Crippen molar-refractivity contribution in [2.75, 3.05) is 46.3 Å². The Bertz CT molecular complexity index is 280. The van der Waals surface area contributed by atoms with Crippen LogP contribution < -0.4 is 5.32 Å². The van der Waals surface area contributed by atoms with Crippen molar-refractivity contribution in [1.29, 1.82) is 0 Å². The molecule has 1 unspecified atom stereocenters. The normalized spacial score (nSPS) is 33.6. The van der Waals surface area contributed by atoms with E-state index < -0.39 is 0 Å². The van der Waals surface area contributed by atoms with E-state index in [4.69, 9.17) is 0 Å². The molecule has 0 bridgehead atoms. The Morgan fingerprint density at radius 2 is 1.95 bits per heavy atom. The number of piperazine rings is 1. The molecule has 0 amide bonds. The van der Waals surface area contributed by atoms with Gasteiger partial charge in [-0.1, -0.05) is 19.3 Å². The van der Waals surface area contributed by atoms with Crippen LogP contribution >= 0.6 is 0 Å². The zero-order valence-corrected chi connectivity index (χ0v) is 12.7. The zero-order chi connectivity index (χ0) is 13.1. The van der Waals surface area contributed by atoms with Crippen molar-refractivity contribution in [3.63, 3.8) is 0 Å². The average Bonchev–Trinajstić information content (AvgIpc) is 2.40. The lowest BCUT2D eigenvalue weighted by Gasteiger charge is -2.47. The summed E-state index contributed by atoms with van der Waals surface area (Å²) >= 11 is 0. The molecule has 3 nitrogen and oxygen atoms in total. The largest absolute Gasteiger partial charge is 0.309 e. The molecule has 0 aromatic rings. The summed E-state index contributed by atoms with van der Waals surface area (Å²) in [5.74, 6) is 0.914. The fourth-order valence-corrected chi connectivity index (χ4v) is 4.55. The van der Waals surface area contributed by atoms with Gasteiger partial charge in [0.2, 0.25) is 0 Å². The maximum Gasteiger partial charge on any atom is 0.0309 e. The molecular formula is C16H31N3. The van der Waals surface area contributed by atoms with Crippen molar-refractivity contribution >= 4 is 0 Å². The highest BCUT2D eigenvalue weighted by Crippen LogP contribution is 2.31. The minimum absolute atomic E-state index is 0.483. The van der Waals surface area contributed by atoms with Crippen LogP contribution in [0.15, 0.2) is 0 Å². The van der Waals surface area contributed by atoms with Gasteiger partial charge in [0.1, 0.15) is 0 Å². The fraction of sp³-hybridized carbons (Fsp3) is 1.00. The summed E-state index contributed by atoms with van der Waals surface area (Å²) in [5, 5.41) is 3.86. The predicted octanol–water partition coefficient (Wildman–Crippen LogP) is 1.94. The molecule has 3 fully saturated rings. The minimum Gasteiger partial charge on any atom is -0.309 e. The monoisotopic (exact) mass is 265 g/mol. The maximum atomic E-state index is 3.86. The molecule has 2 aliphatic heterocycles. The Morgan fingerprint density at radius 1 is 1.11 bits per heavy atom. The second-order valence-corrected chi connectivity index (χ2v) is 7.27. The molecule has 3 aliphatic rings. The molecule has 2 heterocycles. The highest BCUT2D eigenvalue weighted by atomic mass is 15.2. The number of likely N-dealkylation sites (tertiary alicyclic amines) is 1. The molecular weight excluding hydrogens is 234 g/mol. The second kappa shape index (κ2) is 6.11. The van der Waals surface area contributed by atoms with Crippen molar-refractivity contribution < 1.29 is 0 Å². The Balaban J connectivity index is 1.53. The first kappa shape index (κ1) is 13.8. The molecule has 2 saturated heterocycles. The van der Waals surface area contributed by atoms with Crippen molar-refractivity contribution in [1.82, 2.24) is 15.1 Å². The van der Waals surface area contributed by atoms with Gasteiger partial charge >= 0.3 is 0 Å². The van der Waals surface area contributed by atoms with Gasteiger partial charge in [0.05, 0.1) is 0 Å². The van der Waals surface area contributed by atoms with Crippen LogP contribution in [0.5, 0.6) is 0 Å². The molecule has 1 spiro atoms. The number of piperidine rings is 1. The molecule has 0 aromatic heterocycles. The third kappa shape index (κ3) is 3.50. The SMILES string of the molecule is CN1CCCC(CN2CCNC3(CCCCC3)C2)C1. The number of rotatable bonds is 2. The molecule has 110 valence electrons. The maximum absolute atomic E-state index is 3.86. The smallest absolute Gasteiger partial charge is 0.0309 e. The van der Waals surface area contributed by atoms with Gasteiger partial charge in [-0.3, -0.25) is 4.90 Å². The summed E-state index contributed by atoms with van der Waals surface area (Å²) in [5.41, 5.74) is 0.483. The van der Waals surface area contributed by atoms with E-state index in [1.54, 1.807) is 0 Å². The molecule has 0 radical (unpaired) electrons. The van der Waals surface area contributed by atoms with E-state index in [1.807, 2.05) is 0 Å². The van der Waals surface area contributed by atoms with Crippen LogP contribution in [-0.2, 0) is 0 Å². The second-order valence-electron chi connectivity index (χ2n) is 7.27. The molecule has 1 saturated carbocycles. The lowest BCUT2D eigenvalue weighted by Crippen LogP contribution is -2.61. The van der Waals surface area contributed by atoms with E-state index in [2.05, 4.69) is 22.2 Å². The van der Waals surface area contributed by atoms with Crippen molar-refractivity contribution in [2.24, 2.45) is 5.92 Å². The van der Waals surface area contributed by atoms with E-state index in [0.29, 0.717) is 5.54 Å². The molecule has 3 rings (SSSR count). The summed E-state index contributed by atoms with van der Waals surface area (Å²) < 4.78 is 0. The molecule has 1 atom stereocenters. The van der Waals surface area contributed by atoms with E-state index in [9.17, 15) is 0 Å². The van der Waals surface area contributed by atoms with E-state index in [1.165, 1.54) is 84.2 Å². The van der Waals surface area contributed by atoms with Gasteiger partial charge in [0.15, 0.2) is 0 Å². The number of nitrogens with one attached hydrogen (secondary N) is 1. The Kier molecular flexibility index (Phi) is 4.45. The third-order valence-electron chi connectivity index (χ3n) is 5.50. The summed E-state index contributed by atoms with van der Waals surface area (Å²) in [4.78, 5) is 5.29. The summed E-state index contributed by atoms with van der Waals surface area (Å²) in [6.45, 7) is 7.75. The minimum atomic E-state index is 0.483. The average molecular weight is 265 g/mol. The van der Waals surface area contributed by atoms with Gasteiger partial charge in [-0.05, 0) is 45.2 Å². The van der Waals surface area contributed by atoms with Gasteiger partial charge in [0.25, 0.3) is 0 Å². The first-order valence-corrected chi connectivity index (χ1v) is 8.42. The lowest BCUT2D eigenvalue weighted by atomic mass is 9.80. The van der Waals surface area contributed by atoms with E-state index in [0.717, 1.165) is 5.92 Å². The summed E-state index contributed by atoms with van der Waals surface area (Å²) in [6, 6.07) is 0. The highest BCUT2D eigenvalue weighted by molar-refractivity contribution is 4.97. The molecule has 3 heteroatoms. The van der Waals surface area contributed by atoms with Gasteiger partial charge in [-0.25, -0.2) is 0 Å². The predicted molar refractivity (Wildman–Crippen MR) is 80.5 cm³/mol. The highest BCUT2D eigenvalue weighted by Gasteiger charge is 2.36. The number of nitrogens with zero attached hydrogens (tertiary/aromatic N) is 2. The third-order valence-corrected chi connectivity index (χ3v) is 5.50. The van der Waals surface area contributed by atoms with Gasteiger partial charge in [0, 0.05) is 38.3 Å². The number of hydrogen-bond acceptors (Lipinski definition) is 3. The first-order valence-electron chi connectivity index (χ1n) is 8.42. The van der Waals surface area contributed by atoms with Crippen molar-refractivity contribution in [3.05, 3.63) is 0 Å². The topological polar surface area (TPSA) is 18.5 Å². The Labute approximate surface area is 118 Å². The van der Waals surface area contributed by atoms with Crippen LogP contribution in [0, 0.1) is 5.92 Å². The van der Waals surface area contributed by atoms with Gasteiger partial charge in [-0.15, -0.1) is 0 Å². The fourth-order valence-electron chi connectivity index (χ4n) is 4.55. The first-order chi connectivity index (χ1) is 9.26. The van der Waals surface area contributed by atoms with E-state index >= 15 is 0 Å². The van der Waals surface area contributed by atoms with Crippen LogP contribution in [0.4, 0.5) is 0 Å². The Morgan fingerprint density at radius 3 is 2.74 bits per heavy atom. The summed E-state index contributed by atoms with van der Waals surface area (Å²) in [6.07, 6.45) is 10.00. The standard InChI is InChI=1S/C16H31N3/c1-18-10-5-6-15(12-18)13-19-11-9-17-16(14-19)7-3-2-4-8-16/h15,17H,2-14H2,1H3. The van der Waals surface area contributed by atoms with Crippen LogP contribution in [0.2, 0.25) is 0 Å². The summed E-state index contributed by atoms with van der Waals surface area (Å²) in [7, 11) is 2.28. The van der Waals surface area contributed by atoms with Crippen LogP contribution in [0.25, 0.3) is 0 Å². The zero-order valence-electron chi connectivity index (χ0n) is 12.7. The molecule has 1 aliphatic carbocycles. The van der Waals surface area contributed by atoms with Gasteiger partial charge < -0.3 is 10.2 Å². The van der Waals surface area contributed by atoms with E-state index in [-0.39, 0.29) is 0 Å². The van der Waals surface area contributed by atoms with Gasteiger partial charge in [-0.2, -0.15) is 0 Å². The van der Waals surface area contributed by atoms with Crippen molar-refractivity contribution in [2.45, 2.75) is 50.5 Å².